The molecule has 0 bridgehead atoms. The molecule has 0 aromatic heterocycles. The lowest BCUT2D eigenvalue weighted by Crippen LogP contribution is -2.26. The third-order valence-corrected chi connectivity index (χ3v) is 4.09. The van der Waals surface area contributed by atoms with Crippen molar-refractivity contribution >= 4 is 11.7 Å². The topological polar surface area (TPSA) is 52.3 Å². The van der Waals surface area contributed by atoms with Gasteiger partial charge in [-0.2, -0.15) is 0 Å². The summed E-state index contributed by atoms with van der Waals surface area (Å²) in [5.41, 5.74) is 7.80. The molecule has 2 unspecified atom stereocenters. The first-order chi connectivity index (χ1) is 9.11. The molecule has 0 radical (unpaired) electrons. The molecule has 0 spiro atoms. The quantitative estimate of drug-likeness (QED) is 0.666. The highest BCUT2D eigenvalue weighted by Crippen LogP contribution is 2.29. The van der Waals surface area contributed by atoms with E-state index in [1.54, 1.807) is 6.07 Å². The van der Waals surface area contributed by atoms with Crippen molar-refractivity contribution in [2.75, 3.05) is 5.73 Å². The van der Waals surface area contributed by atoms with E-state index < -0.39 is 0 Å². The van der Waals surface area contributed by atoms with Crippen LogP contribution >= 0.6 is 0 Å². The molecule has 1 saturated carbocycles. The van der Waals surface area contributed by atoms with E-state index in [1.165, 1.54) is 12.8 Å². The van der Waals surface area contributed by atoms with Gasteiger partial charge in [-0.3, -0.25) is 0 Å². The predicted molar refractivity (Wildman–Crippen MR) is 77.0 cm³/mol. The monoisotopic (exact) mass is 261 g/mol. The van der Waals surface area contributed by atoms with Crippen LogP contribution in [0.25, 0.3) is 0 Å². The molecule has 3 heteroatoms. The fourth-order valence-electron chi connectivity index (χ4n) is 2.90. The number of rotatable bonds is 3. The van der Waals surface area contributed by atoms with Crippen molar-refractivity contribution in [1.29, 1.82) is 0 Å². The summed E-state index contributed by atoms with van der Waals surface area (Å²) < 4.78 is 5.65. The first-order valence-corrected chi connectivity index (χ1v) is 7.17. The van der Waals surface area contributed by atoms with Crippen LogP contribution < -0.4 is 5.73 Å². The Bertz CT molecular complexity index is 436. The van der Waals surface area contributed by atoms with Gasteiger partial charge in [-0.1, -0.05) is 31.9 Å². The second kappa shape index (κ2) is 6.09. The molecule has 0 amide bonds. The molecule has 0 saturated heterocycles. The van der Waals surface area contributed by atoms with Gasteiger partial charge in [0.2, 0.25) is 0 Å². The van der Waals surface area contributed by atoms with Gasteiger partial charge in [0.1, 0.15) is 6.10 Å². The number of ether oxygens (including phenoxy) is 1. The number of anilines is 1. The number of esters is 1. The van der Waals surface area contributed by atoms with Crippen LogP contribution in [0.15, 0.2) is 18.2 Å². The number of nitrogen functional groups attached to an aromatic ring is 1. The highest BCUT2D eigenvalue weighted by molar-refractivity contribution is 5.96. The van der Waals surface area contributed by atoms with E-state index in [4.69, 9.17) is 10.5 Å². The zero-order valence-electron chi connectivity index (χ0n) is 11.8. The van der Waals surface area contributed by atoms with Crippen LogP contribution in [-0.4, -0.2) is 12.1 Å². The molecular formula is C16H23NO2. The van der Waals surface area contributed by atoms with Crippen molar-refractivity contribution in [2.24, 2.45) is 5.92 Å². The van der Waals surface area contributed by atoms with Crippen molar-refractivity contribution in [3.05, 3.63) is 29.3 Å². The Kier molecular flexibility index (Phi) is 4.46. The summed E-state index contributed by atoms with van der Waals surface area (Å²) in [4.78, 5) is 12.2. The Hall–Kier alpha value is -1.51. The van der Waals surface area contributed by atoms with E-state index in [0.717, 1.165) is 24.8 Å². The largest absolute Gasteiger partial charge is 0.459 e. The molecule has 3 nitrogen and oxygen atoms in total. The summed E-state index contributed by atoms with van der Waals surface area (Å²) >= 11 is 0. The summed E-state index contributed by atoms with van der Waals surface area (Å²) in [5, 5.41) is 0. The second-order valence-corrected chi connectivity index (χ2v) is 5.51. The maximum Gasteiger partial charge on any atom is 0.340 e. The van der Waals surface area contributed by atoms with Crippen LogP contribution in [-0.2, 0) is 4.74 Å². The molecule has 1 aromatic carbocycles. The lowest BCUT2D eigenvalue weighted by molar-refractivity contribution is 0.0140. The first kappa shape index (κ1) is 13.9. The van der Waals surface area contributed by atoms with Crippen molar-refractivity contribution in [3.63, 3.8) is 0 Å². The van der Waals surface area contributed by atoms with Gasteiger partial charge in [0.05, 0.1) is 5.56 Å². The lowest BCUT2D eigenvalue weighted by Gasteiger charge is -2.28. The fourth-order valence-corrected chi connectivity index (χ4v) is 2.90. The summed E-state index contributed by atoms with van der Waals surface area (Å²) in [5.74, 6) is 0.429. The van der Waals surface area contributed by atoms with Crippen LogP contribution in [0, 0.1) is 12.8 Å². The Morgan fingerprint density at radius 2 is 2.21 bits per heavy atom. The third kappa shape index (κ3) is 3.28. The van der Waals surface area contributed by atoms with E-state index in [0.29, 0.717) is 17.2 Å². The molecule has 0 aliphatic heterocycles. The Morgan fingerprint density at radius 1 is 1.42 bits per heavy atom. The van der Waals surface area contributed by atoms with Gasteiger partial charge in [-0.05, 0) is 43.7 Å². The standard InChI is InChI=1S/C16H23NO2/c1-3-12-7-5-8-13(10-12)19-16(18)15-11(2)6-4-9-14(15)17/h4,6,9,12-13H,3,5,7-8,10,17H2,1-2H3. The fraction of sp³-hybridized carbons (Fsp3) is 0.562. The summed E-state index contributed by atoms with van der Waals surface area (Å²) in [6, 6.07) is 5.50. The smallest absolute Gasteiger partial charge is 0.340 e. The van der Waals surface area contributed by atoms with Crippen molar-refractivity contribution in [3.8, 4) is 0 Å². The van der Waals surface area contributed by atoms with Gasteiger partial charge in [-0.15, -0.1) is 0 Å². The van der Waals surface area contributed by atoms with Crippen LogP contribution in [0.4, 0.5) is 5.69 Å². The molecule has 104 valence electrons. The SMILES string of the molecule is CCC1CCCC(OC(=O)c2c(C)cccc2N)C1. The van der Waals surface area contributed by atoms with E-state index in [-0.39, 0.29) is 12.1 Å². The highest BCUT2D eigenvalue weighted by atomic mass is 16.5. The minimum absolute atomic E-state index is 0.0604. The first-order valence-electron chi connectivity index (χ1n) is 7.17. The lowest BCUT2D eigenvalue weighted by atomic mass is 9.85. The minimum Gasteiger partial charge on any atom is -0.459 e. The van der Waals surface area contributed by atoms with E-state index in [1.807, 2.05) is 19.1 Å². The predicted octanol–water partition coefficient (Wildman–Crippen LogP) is 3.70. The Balaban J connectivity index is 2.05. The van der Waals surface area contributed by atoms with E-state index >= 15 is 0 Å². The maximum absolute atomic E-state index is 12.2. The van der Waals surface area contributed by atoms with Gasteiger partial charge >= 0.3 is 5.97 Å². The average molecular weight is 261 g/mol. The van der Waals surface area contributed by atoms with Gasteiger partial charge < -0.3 is 10.5 Å². The van der Waals surface area contributed by atoms with Crippen LogP contribution in [0.1, 0.15) is 54.9 Å². The molecule has 1 aliphatic carbocycles. The van der Waals surface area contributed by atoms with Crippen LogP contribution in [0.5, 0.6) is 0 Å². The van der Waals surface area contributed by atoms with Gasteiger partial charge in [0, 0.05) is 5.69 Å². The molecule has 2 N–H and O–H groups in total. The zero-order chi connectivity index (χ0) is 13.8. The molecule has 1 fully saturated rings. The number of carbonyl (C=O) groups is 1. The van der Waals surface area contributed by atoms with Crippen LogP contribution in [0.2, 0.25) is 0 Å². The third-order valence-electron chi connectivity index (χ3n) is 4.09. The van der Waals surface area contributed by atoms with E-state index in [9.17, 15) is 4.79 Å². The summed E-state index contributed by atoms with van der Waals surface area (Å²) in [7, 11) is 0. The second-order valence-electron chi connectivity index (χ2n) is 5.51. The number of nitrogens with two attached hydrogens (primary N) is 1. The van der Waals surface area contributed by atoms with Gasteiger partial charge in [-0.25, -0.2) is 4.79 Å². The molecule has 19 heavy (non-hydrogen) atoms. The number of hydrogen-bond acceptors (Lipinski definition) is 3. The maximum atomic E-state index is 12.2. The number of aryl methyl sites for hydroxylation is 1. The summed E-state index contributed by atoms with van der Waals surface area (Å²) in [6.45, 7) is 4.09. The Labute approximate surface area is 115 Å². The molecule has 2 atom stereocenters. The zero-order valence-corrected chi connectivity index (χ0v) is 11.8. The van der Waals surface area contributed by atoms with E-state index in [2.05, 4.69) is 6.92 Å². The molecule has 1 aromatic rings. The average Bonchev–Trinajstić information content (AvgIpc) is 2.38. The van der Waals surface area contributed by atoms with Gasteiger partial charge in [0.15, 0.2) is 0 Å². The van der Waals surface area contributed by atoms with Crippen LogP contribution in [0.3, 0.4) is 0 Å². The summed E-state index contributed by atoms with van der Waals surface area (Å²) in [6.07, 6.45) is 5.62. The minimum atomic E-state index is -0.266. The number of carbonyl (C=O) groups excluding carboxylic acids is 1. The number of benzene rings is 1. The van der Waals surface area contributed by atoms with Crippen molar-refractivity contribution < 1.29 is 9.53 Å². The van der Waals surface area contributed by atoms with Crippen molar-refractivity contribution in [1.82, 2.24) is 0 Å². The van der Waals surface area contributed by atoms with Crippen molar-refractivity contribution in [2.45, 2.75) is 52.1 Å². The normalized spacial score (nSPS) is 23.1. The Morgan fingerprint density at radius 3 is 2.89 bits per heavy atom. The number of hydrogen-bond donors (Lipinski definition) is 1. The molecule has 1 aliphatic rings. The molecule has 2 rings (SSSR count). The molecule has 0 heterocycles. The van der Waals surface area contributed by atoms with Gasteiger partial charge in [0.25, 0.3) is 0 Å². The molecular weight excluding hydrogens is 238 g/mol. The highest BCUT2D eigenvalue weighted by Gasteiger charge is 2.25.